The molecule has 0 bridgehead atoms. The van der Waals surface area contributed by atoms with Crippen molar-refractivity contribution >= 4 is 5.91 Å². The molecule has 1 fully saturated rings. The van der Waals surface area contributed by atoms with Crippen LogP contribution in [0.2, 0.25) is 0 Å². The molecule has 82 valence electrons. The minimum atomic E-state index is -2.52. The summed E-state index contributed by atoms with van der Waals surface area (Å²) in [7, 11) is 0. The van der Waals surface area contributed by atoms with Gasteiger partial charge in [0.15, 0.2) is 0 Å². The lowest BCUT2D eigenvalue weighted by molar-refractivity contribution is -0.132. The van der Waals surface area contributed by atoms with Gasteiger partial charge in [0.25, 0.3) is 6.43 Å². The molecule has 1 aliphatic heterocycles. The van der Waals surface area contributed by atoms with Crippen LogP contribution in [0.4, 0.5) is 8.78 Å². The lowest BCUT2D eigenvalue weighted by atomic mass is 10.2. The maximum Gasteiger partial charge on any atom is 0.255 e. The Hall–Kier alpha value is -0.750. The number of hydrogen-bond acceptors (Lipinski definition) is 3. The van der Waals surface area contributed by atoms with E-state index < -0.39 is 25.0 Å². The van der Waals surface area contributed by atoms with Crippen molar-refractivity contribution in [3.63, 3.8) is 0 Å². The fraction of sp³-hybridized carbons (Fsp3) is 0.875. The number of carbonyl (C=O) groups excluding carboxylic acids is 1. The molecular formula is C8H14F2N2O2. The highest BCUT2D eigenvalue weighted by atomic mass is 19.3. The highest BCUT2D eigenvalue weighted by Crippen LogP contribution is 2.18. The minimum absolute atomic E-state index is 0.114. The fourth-order valence-corrected chi connectivity index (χ4v) is 1.36. The molecule has 3 N–H and O–H groups in total. The Morgan fingerprint density at radius 3 is 2.79 bits per heavy atom. The van der Waals surface area contributed by atoms with Crippen LogP contribution in [-0.4, -0.2) is 37.6 Å². The van der Waals surface area contributed by atoms with Gasteiger partial charge in [-0.15, -0.1) is 0 Å². The number of carbonyl (C=O) groups is 1. The third kappa shape index (κ3) is 3.19. The predicted octanol–water partition coefficient (Wildman–Crippen LogP) is -0.126. The van der Waals surface area contributed by atoms with Crippen LogP contribution in [0.1, 0.15) is 12.8 Å². The molecule has 2 atom stereocenters. The molecule has 0 aromatic heterocycles. The van der Waals surface area contributed by atoms with Gasteiger partial charge in [-0.1, -0.05) is 0 Å². The molecule has 4 nitrogen and oxygen atoms in total. The van der Waals surface area contributed by atoms with Gasteiger partial charge in [-0.3, -0.25) is 4.79 Å². The molecule has 0 aromatic rings. The number of nitrogens with one attached hydrogen (secondary N) is 1. The largest absolute Gasteiger partial charge is 0.364 e. The Balaban J connectivity index is 2.25. The summed E-state index contributed by atoms with van der Waals surface area (Å²) in [6.45, 7) is -0.259. The third-order valence-corrected chi connectivity index (χ3v) is 2.09. The molecule has 0 aliphatic carbocycles. The average Bonchev–Trinajstić information content (AvgIpc) is 2.62. The van der Waals surface area contributed by atoms with Crippen LogP contribution in [0, 0.1) is 0 Å². The molecule has 14 heavy (non-hydrogen) atoms. The van der Waals surface area contributed by atoms with Crippen LogP contribution in [0.15, 0.2) is 0 Å². The van der Waals surface area contributed by atoms with Crippen LogP contribution < -0.4 is 11.1 Å². The molecule has 0 radical (unpaired) electrons. The van der Waals surface area contributed by atoms with E-state index in [1.165, 1.54) is 0 Å². The minimum Gasteiger partial charge on any atom is -0.364 e. The van der Waals surface area contributed by atoms with E-state index in [2.05, 4.69) is 5.32 Å². The molecule has 1 aliphatic rings. The summed E-state index contributed by atoms with van der Waals surface area (Å²) in [6.07, 6.45) is -1.98. The van der Waals surface area contributed by atoms with Crippen LogP contribution in [0.3, 0.4) is 0 Å². The summed E-state index contributed by atoms with van der Waals surface area (Å²) in [6, 6.07) is 0. The van der Waals surface area contributed by atoms with Crippen LogP contribution in [0.5, 0.6) is 0 Å². The van der Waals surface area contributed by atoms with Crippen molar-refractivity contribution in [2.45, 2.75) is 31.5 Å². The zero-order chi connectivity index (χ0) is 10.6. The van der Waals surface area contributed by atoms with Gasteiger partial charge in [0.05, 0.1) is 12.6 Å². The number of hydrogen-bond donors (Lipinski definition) is 2. The van der Waals surface area contributed by atoms with E-state index in [1.807, 2.05) is 0 Å². The number of nitrogens with two attached hydrogens (primary N) is 1. The van der Waals surface area contributed by atoms with Crippen molar-refractivity contribution in [2.75, 3.05) is 13.1 Å². The van der Waals surface area contributed by atoms with Crippen LogP contribution in [0.25, 0.3) is 0 Å². The van der Waals surface area contributed by atoms with Crippen molar-refractivity contribution in [3.8, 4) is 0 Å². The molecule has 6 heteroatoms. The van der Waals surface area contributed by atoms with Gasteiger partial charge < -0.3 is 15.8 Å². The first-order valence-corrected chi connectivity index (χ1v) is 4.55. The molecule has 0 aromatic carbocycles. The van der Waals surface area contributed by atoms with E-state index in [4.69, 9.17) is 10.5 Å². The third-order valence-electron chi connectivity index (χ3n) is 2.09. The van der Waals surface area contributed by atoms with E-state index in [1.54, 1.807) is 0 Å². The van der Waals surface area contributed by atoms with Crippen LogP contribution >= 0.6 is 0 Å². The second-order valence-electron chi connectivity index (χ2n) is 3.20. The first kappa shape index (κ1) is 11.3. The second-order valence-corrected chi connectivity index (χ2v) is 3.20. The quantitative estimate of drug-likeness (QED) is 0.676. The van der Waals surface area contributed by atoms with Crippen molar-refractivity contribution < 1.29 is 18.3 Å². The molecular weight excluding hydrogens is 194 g/mol. The number of rotatable bonds is 4. The van der Waals surface area contributed by atoms with Gasteiger partial charge >= 0.3 is 0 Å². The van der Waals surface area contributed by atoms with E-state index in [-0.39, 0.29) is 6.10 Å². The Morgan fingerprint density at radius 1 is 1.57 bits per heavy atom. The zero-order valence-electron chi connectivity index (χ0n) is 7.71. The van der Waals surface area contributed by atoms with Gasteiger partial charge in [-0.05, 0) is 12.8 Å². The molecule has 1 rings (SSSR count). The summed E-state index contributed by atoms with van der Waals surface area (Å²) in [4.78, 5) is 11.2. The van der Waals surface area contributed by atoms with Gasteiger partial charge in [-0.25, -0.2) is 8.78 Å². The summed E-state index contributed by atoms with van der Waals surface area (Å²) in [5.74, 6) is -0.471. The summed E-state index contributed by atoms with van der Waals surface area (Å²) in [5, 5.41) is 2.11. The van der Waals surface area contributed by atoms with Crippen molar-refractivity contribution in [1.82, 2.24) is 5.32 Å². The number of alkyl halides is 2. The summed E-state index contributed by atoms with van der Waals surface area (Å²) >= 11 is 0. The molecule has 0 unspecified atom stereocenters. The van der Waals surface area contributed by atoms with Gasteiger partial charge in [0, 0.05) is 6.54 Å². The fourth-order valence-electron chi connectivity index (χ4n) is 1.36. The van der Waals surface area contributed by atoms with Gasteiger partial charge in [-0.2, -0.15) is 0 Å². The molecule has 0 saturated carbocycles. The molecule has 1 heterocycles. The van der Waals surface area contributed by atoms with E-state index in [0.717, 1.165) is 0 Å². The molecule has 1 amide bonds. The Kier molecular flexibility index (Phi) is 4.21. The van der Waals surface area contributed by atoms with Gasteiger partial charge in [0.2, 0.25) is 5.91 Å². The maximum absolute atomic E-state index is 11.7. The smallest absolute Gasteiger partial charge is 0.255 e. The standard InChI is InChI=1S/C8H14F2N2O2/c9-7(10)4-12-8(13)6-2-1-5(3-11)14-6/h5-7H,1-4,11H2,(H,12,13)/t5-,6+/m1/s1. The first-order chi connectivity index (χ1) is 6.63. The number of ether oxygens (including phenoxy) is 1. The Bertz CT molecular complexity index is 202. The van der Waals surface area contributed by atoms with Crippen LogP contribution in [-0.2, 0) is 9.53 Å². The predicted molar refractivity (Wildman–Crippen MR) is 46.0 cm³/mol. The Labute approximate surface area is 80.8 Å². The lowest BCUT2D eigenvalue weighted by Crippen LogP contribution is -2.37. The number of amides is 1. The highest BCUT2D eigenvalue weighted by molar-refractivity contribution is 5.81. The second kappa shape index (κ2) is 5.21. The normalized spacial score (nSPS) is 26.9. The monoisotopic (exact) mass is 208 g/mol. The summed E-state index contributed by atoms with van der Waals surface area (Å²) < 4.78 is 28.7. The van der Waals surface area contributed by atoms with E-state index in [0.29, 0.717) is 19.4 Å². The molecule has 0 spiro atoms. The summed E-state index contributed by atoms with van der Waals surface area (Å²) in [5.41, 5.74) is 5.34. The van der Waals surface area contributed by atoms with Crippen molar-refractivity contribution in [1.29, 1.82) is 0 Å². The average molecular weight is 208 g/mol. The number of halogens is 2. The SMILES string of the molecule is NC[C@H]1CC[C@@H](C(=O)NCC(F)F)O1. The zero-order valence-corrected chi connectivity index (χ0v) is 7.71. The van der Waals surface area contributed by atoms with E-state index >= 15 is 0 Å². The lowest BCUT2D eigenvalue weighted by Gasteiger charge is -2.12. The Morgan fingerprint density at radius 2 is 2.29 bits per heavy atom. The first-order valence-electron chi connectivity index (χ1n) is 4.55. The van der Waals surface area contributed by atoms with Gasteiger partial charge in [0.1, 0.15) is 6.10 Å². The van der Waals surface area contributed by atoms with Crippen molar-refractivity contribution in [2.24, 2.45) is 5.73 Å². The topological polar surface area (TPSA) is 64.4 Å². The molecule has 1 saturated heterocycles. The van der Waals surface area contributed by atoms with Crippen molar-refractivity contribution in [3.05, 3.63) is 0 Å². The maximum atomic E-state index is 11.7. The van der Waals surface area contributed by atoms with E-state index in [9.17, 15) is 13.6 Å². The highest BCUT2D eigenvalue weighted by Gasteiger charge is 2.29.